The topological polar surface area (TPSA) is 84.1 Å². The molecule has 5 rings (SSSR count). The SMILES string of the molecule is O=C1O[C@@H](COCCN2CCOCC2)CN1c1ccc2cc(-c3ccccc3C(F)(F)F)[nH]c(=O)c2c1. The number of cyclic esters (lactones) is 1. The lowest BCUT2D eigenvalue weighted by atomic mass is 10.0. The highest BCUT2D eigenvalue weighted by Crippen LogP contribution is 2.36. The normalized spacial score (nSPS) is 18.9. The van der Waals surface area contributed by atoms with Gasteiger partial charge in [-0.05, 0) is 29.7 Å². The van der Waals surface area contributed by atoms with Crippen LogP contribution in [0.4, 0.5) is 23.7 Å². The molecule has 0 radical (unpaired) electrons. The molecule has 11 heteroatoms. The zero-order valence-corrected chi connectivity index (χ0v) is 19.9. The van der Waals surface area contributed by atoms with Crippen molar-refractivity contribution in [2.45, 2.75) is 12.3 Å². The third-order valence-electron chi connectivity index (χ3n) is 6.50. The van der Waals surface area contributed by atoms with Gasteiger partial charge in [-0.15, -0.1) is 0 Å². The Bertz CT molecular complexity index is 1340. The van der Waals surface area contributed by atoms with Crippen molar-refractivity contribution in [3.63, 3.8) is 0 Å². The number of nitrogens with one attached hydrogen (secondary N) is 1. The fraction of sp³-hybridized carbons (Fsp3) is 0.385. The highest BCUT2D eigenvalue weighted by Gasteiger charge is 2.34. The zero-order chi connectivity index (χ0) is 26.0. The number of fused-ring (bicyclic) bond motifs is 1. The van der Waals surface area contributed by atoms with Gasteiger partial charge in [0.25, 0.3) is 5.56 Å². The summed E-state index contributed by atoms with van der Waals surface area (Å²) in [6, 6.07) is 11.4. The molecule has 1 N–H and O–H groups in total. The minimum absolute atomic E-state index is 0.0630. The summed E-state index contributed by atoms with van der Waals surface area (Å²) in [7, 11) is 0. The van der Waals surface area contributed by atoms with Gasteiger partial charge in [0, 0.05) is 42.0 Å². The molecule has 1 atom stereocenters. The van der Waals surface area contributed by atoms with Crippen LogP contribution < -0.4 is 10.5 Å². The van der Waals surface area contributed by atoms with Crippen molar-refractivity contribution < 1.29 is 32.2 Å². The van der Waals surface area contributed by atoms with Gasteiger partial charge in [0.15, 0.2) is 0 Å². The van der Waals surface area contributed by atoms with Gasteiger partial charge in [-0.3, -0.25) is 14.6 Å². The molecule has 0 bridgehead atoms. The summed E-state index contributed by atoms with van der Waals surface area (Å²) >= 11 is 0. The third kappa shape index (κ3) is 5.63. The number of hydrogen-bond donors (Lipinski definition) is 1. The van der Waals surface area contributed by atoms with E-state index < -0.39 is 29.5 Å². The number of aromatic amines is 1. The Balaban J connectivity index is 1.28. The van der Waals surface area contributed by atoms with Crippen LogP contribution in [-0.4, -0.2) is 74.7 Å². The van der Waals surface area contributed by atoms with Gasteiger partial charge in [0.2, 0.25) is 0 Å². The molecule has 0 aliphatic carbocycles. The van der Waals surface area contributed by atoms with Crippen LogP contribution in [0.5, 0.6) is 0 Å². The average Bonchev–Trinajstić information content (AvgIpc) is 3.26. The Morgan fingerprint density at radius 1 is 1.05 bits per heavy atom. The number of rotatable bonds is 7. The van der Waals surface area contributed by atoms with Gasteiger partial charge >= 0.3 is 12.3 Å². The Kier molecular flexibility index (Phi) is 7.18. The molecule has 37 heavy (non-hydrogen) atoms. The minimum atomic E-state index is -4.56. The molecular formula is C26H26F3N3O5. The second kappa shape index (κ2) is 10.5. The average molecular weight is 518 g/mol. The molecule has 2 saturated heterocycles. The predicted molar refractivity (Wildman–Crippen MR) is 131 cm³/mol. The standard InChI is InChI=1S/C26H26F3N3O5/c27-26(28,29)22-4-2-1-3-20(22)23-13-17-5-6-18(14-21(17)24(33)30-23)32-15-19(37-25(32)34)16-36-12-9-31-7-10-35-11-8-31/h1-6,13-14,19H,7-12,15-16H2,(H,30,33)/t19-/m1/s1. The fourth-order valence-electron chi connectivity index (χ4n) is 4.58. The first-order valence-corrected chi connectivity index (χ1v) is 12.0. The van der Waals surface area contributed by atoms with Crippen LogP contribution >= 0.6 is 0 Å². The molecule has 2 aliphatic heterocycles. The Labute approximate surface area is 210 Å². The molecule has 1 aromatic heterocycles. The first kappa shape index (κ1) is 25.2. The van der Waals surface area contributed by atoms with E-state index in [4.69, 9.17) is 14.2 Å². The number of morpholine rings is 1. The molecule has 8 nitrogen and oxygen atoms in total. The number of H-pyrrole nitrogens is 1. The number of amides is 1. The number of aromatic nitrogens is 1. The molecule has 0 saturated carbocycles. The number of anilines is 1. The van der Waals surface area contributed by atoms with Crippen molar-refractivity contribution in [2.75, 3.05) is 57.5 Å². The molecule has 196 valence electrons. The second-order valence-corrected chi connectivity index (χ2v) is 8.97. The second-order valence-electron chi connectivity index (χ2n) is 8.97. The lowest BCUT2D eigenvalue weighted by molar-refractivity contribution is -0.137. The summed E-state index contributed by atoms with van der Waals surface area (Å²) < 4.78 is 56.9. The number of alkyl halides is 3. The smallest absolute Gasteiger partial charge is 0.417 e. The molecule has 1 amide bonds. The number of pyridine rings is 1. The zero-order valence-electron chi connectivity index (χ0n) is 19.9. The maximum atomic E-state index is 13.5. The number of hydrogen-bond acceptors (Lipinski definition) is 6. The highest BCUT2D eigenvalue weighted by molar-refractivity contribution is 5.94. The number of halogens is 3. The number of carbonyl (C=O) groups excluding carboxylic acids is 1. The van der Waals surface area contributed by atoms with Crippen LogP contribution in [0.15, 0.2) is 53.3 Å². The van der Waals surface area contributed by atoms with Crippen molar-refractivity contribution in [1.29, 1.82) is 0 Å². The monoisotopic (exact) mass is 517 g/mol. The van der Waals surface area contributed by atoms with Crippen LogP contribution in [-0.2, 0) is 20.4 Å². The van der Waals surface area contributed by atoms with E-state index in [2.05, 4.69) is 9.88 Å². The van der Waals surface area contributed by atoms with E-state index in [9.17, 15) is 22.8 Å². The van der Waals surface area contributed by atoms with Crippen molar-refractivity contribution in [3.05, 3.63) is 64.4 Å². The van der Waals surface area contributed by atoms with E-state index >= 15 is 0 Å². The van der Waals surface area contributed by atoms with E-state index in [0.717, 1.165) is 25.7 Å². The van der Waals surface area contributed by atoms with Crippen LogP contribution in [0.2, 0.25) is 0 Å². The van der Waals surface area contributed by atoms with Gasteiger partial charge in [0.1, 0.15) is 6.10 Å². The molecule has 0 unspecified atom stereocenters. The molecule has 2 aliphatic rings. The summed E-state index contributed by atoms with van der Waals surface area (Å²) in [6.45, 7) is 4.97. The first-order chi connectivity index (χ1) is 17.8. The van der Waals surface area contributed by atoms with Gasteiger partial charge in [0.05, 0.1) is 38.5 Å². The van der Waals surface area contributed by atoms with Crippen molar-refractivity contribution >= 4 is 22.6 Å². The molecule has 0 spiro atoms. The number of carbonyl (C=O) groups is 1. The largest absolute Gasteiger partial charge is 0.441 e. The fourth-order valence-corrected chi connectivity index (χ4v) is 4.58. The summed E-state index contributed by atoms with van der Waals surface area (Å²) in [5.74, 6) is 0. The Morgan fingerprint density at radius 2 is 1.84 bits per heavy atom. The third-order valence-corrected chi connectivity index (χ3v) is 6.50. The Morgan fingerprint density at radius 3 is 2.62 bits per heavy atom. The predicted octanol–water partition coefficient (Wildman–Crippen LogP) is 3.89. The van der Waals surface area contributed by atoms with E-state index in [1.165, 1.54) is 35.2 Å². The van der Waals surface area contributed by atoms with Crippen LogP contribution in [0, 0.1) is 0 Å². The lowest BCUT2D eigenvalue weighted by Gasteiger charge is -2.26. The summed E-state index contributed by atoms with van der Waals surface area (Å²) in [5.41, 5.74) is -0.977. The van der Waals surface area contributed by atoms with Gasteiger partial charge in [-0.2, -0.15) is 13.2 Å². The van der Waals surface area contributed by atoms with Gasteiger partial charge < -0.3 is 19.2 Å². The number of ether oxygens (including phenoxy) is 3. The van der Waals surface area contributed by atoms with E-state index in [-0.39, 0.29) is 29.8 Å². The van der Waals surface area contributed by atoms with E-state index in [1.807, 2.05) is 0 Å². The van der Waals surface area contributed by atoms with Crippen molar-refractivity contribution in [3.8, 4) is 11.3 Å². The quantitative estimate of drug-likeness (QED) is 0.479. The van der Waals surface area contributed by atoms with Gasteiger partial charge in [-0.25, -0.2) is 4.79 Å². The minimum Gasteiger partial charge on any atom is -0.441 e. The molecule has 3 heterocycles. The van der Waals surface area contributed by atoms with E-state index in [1.54, 1.807) is 12.1 Å². The maximum Gasteiger partial charge on any atom is 0.417 e. The summed E-state index contributed by atoms with van der Waals surface area (Å²) in [4.78, 5) is 31.6. The maximum absolute atomic E-state index is 13.5. The van der Waals surface area contributed by atoms with E-state index in [0.29, 0.717) is 30.9 Å². The number of nitrogens with zero attached hydrogens (tertiary/aromatic N) is 2. The lowest BCUT2D eigenvalue weighted by Crippen LogP contribution is -2.38. The molecular weight excluding hydrogens is 491 g/mol. The molecule has 2 aromatic carbocycles. The number of benzene rings is 2. The molecule has 2 fully saturated rings. The highest BCUT2D eigenvalue weighted by atomic mass is 19.4. The van der Waals surface area contributed by atoms with Crippen molar-refractivity contribution in [1.82, 2.24) is 9.88 Å². The van der Waals surface area contributed by atoms with Crippen LogP contribution in [0.3, 0.4) is 0 Å². The molecule has 3 aromatic rings. The summed E-state index contributed by atoms with van der Waals surface area (Å²) in [5, 5.41) is 0.707. The van der Waals surface area contributed by atoms with Gasteiger partial charge in [-0.1, -0.05) is 24.3 Å². The van der Waals surface area contributed by atoms with Crippen LogP contribution in [0.25, 0.3) is 22.0 Å². The summed E-state index contributed by atoms with van der Waals surface area (Å²) in [6.07, 6.45) is -5.56. The van der Waals surface area contributed by atoms with Crippen LogP contribution in [0.1, 0.15) is 5.56 Å². The van der Waals surface area contributed by atoms with Crippen molar-refractivity contribution in [2.24, 2.45) is 0 Å². The first-order valence-electron chi connectivity index (χ1n) is 12.0. The Hall–Kier alpha value is -3.41.